The summed E-state index contributed by atoms with van der Waals surface area (Å²) in [5.41, 5.74) is 2.78. The fourth-order valence-electron chi connectivity index (χ4n) is 3.96. The number of fused-ring (bicyclic) bond motifs is 2. The van der Waals surface area contributed by atoms with Crippen LogP contribution < -0.4 is 9.64 Å². The molecular formula is C21H26N4O3. The summed E-state index contributed by atoms with van der Waals surface area (Å²) >= 11 is 0. The highest BCUT2D eigenvalue weighted by molar-refractivity contribution is 5.78. The van der Waals surface area contributed by atoms with Crippen LogP contribution in [0.4, 0.5) is 5.95 Å². The number of nitrogens with zero attached hydrogens (tertiary/aromatic N) is 4. The first-order chi connectivity index (χ1) is 13.5. The van der Waals surface area contributed by atoms with Gasteiger partial charge in [-0.2, -0.15) is 0 Å². The Hall–Kier alpha value is -2.67. The molecule has 1 aromatic heterocycles. The highest BCUT2D eigenvalue weighted by Crippen LogP contribution is 2.40. The number of aryl methyl sites for hydroxylation is 1. The van der Waals surface area contributed by atoms with Crippen molar-refractivity contribution in [3.8, 4) is 5.75 Å². The fraction of sp³-hybridized carbons (Fsp3) is 0.476. The summed E-state index contributed by atoms with van der Waals surface area (Å²) in [4.78, 5) is 26.0. The number of amides is 1. The Kier molecular flexibility index (Phi) is 4.93. The zero-order valence-electron chi connectivity index (χ0n) is 16.6. The van der Waals surface area contributed by atoms with Crippen molar-refractivity contribution >= 4 is 11.9 Å². The quantitative estimate of drug-likeness (QED) is 0.805. The molecule has 0 bridgehead atoms. The van der Waals surface area contributed by atoms with Gasteiger partial charge >= 0.3 is 0 Å². The van der Waals surface area contributed by atoms with Crippen LogP contribution in [0.5, 0.6) is 5.75 Å². The topological polar surface area (TPSA) is 67.8 Å². The number of ether oxygens (including phenoxy) is 2. The van der Waals surface area contributed by atoms with E-state index in [9.17, 15) is 4.79 Å². The zero-order valence-corrected chi connectivity index (χ0v) is 16.6. The number of aromatic nitrogens is 2. The first kappa shape index (κ1) is 18.7. The minimum absolute atomic E-state index is 0.00790. The van der Waals surface area contributed by atoms with Crippen molar-refractivity contribution in [1.82, 2.24) is 14.9 Å². The van der Waals surface area contributed by atoms with Crippen molar-refractivity contribution in [2.24, 2.45) is 0 Å². The number of anilines is 1. The lowest BCUT2D eigenvalue weighted by Crippen LogP contribution is -2.43. The summed E-state index contributed by atoms with van der Waals surface area (Å²) in [5, 5.41) is 0. The van der Waals surface area contributed by atoms with Gasteiger partial charge in [0.1, 0.15) is 5.75 Å². The number of benzene rings is 1. The maximum atomic E-state index is 12.7. The third-order valence-corrected chi connectivity index (χ3v) is 5.54. The standard InChI is InChI=1S/C21H26N4O3/c1-15-17-11-27-14-21(19(17)23-20(22-15)24(2)3)9-10-25(13-21)18(26)12-28-16-7-5-4-6-8-16/h4-8H,9-14H2,1-3H3/t21-/m0/s1. The van der Waals surface area contributed by atoms with Crippen LogP contribution in [0.2, 0.25) is 0 Å². The fourth-order valence-corrected chi connectivity index (χ4v) is 3.96. The molecule has 7 nitrogen and oxygen atoms in total. The van der Waals surface area contributed by atoms with E-state index in [-0.39, 0.29) is 17.9 Å². The first-order valence-electron chi connectivity index (χ1n) is 9.57. The van der Waals surface area contributed by atoms with Gasteiger partial charge in [-0.15, -0.1) is 0 Å². The van der Waals surface area contributed by atoms with Gasteiger partial charge in [0.05, 0.1) is 24.3 Å². The van der Waals surface area contributed by atoms with Crippen molar-refractivity contribution < 1.29 is 14.3 Å². The van der Waals surface area contributed by atoms with Crippen LogP contribution >= 0.6 is 0 Å². The van der Waals surface area contributed by atoms with E-state index in [1.165, 1.54) is 0 Å². The van der Waals surface area contributed by atoms with Gasteiger partial charge in [-0.3, -0.25) is 4.79 Å². The number of likely N-dealkylation sites (tertiary alicyclic amines) is 1. The third-order valence-electron chi connectivity index (χ3n) is 5.54. The van der Waals surface area contributed by atoms with Crippen LogP contribution in [0, 0.1) is 6.92 Å². The van der Waals surface area contributed by atoms with E-state index in [4.69, 9.17) is 14.5 Å². The van der Waals surface area contributed by atoms with Crippen molar-refractivity contribution in [1.29, 1.82) is 0 Å². The molecule has 1 aromatic carbocycles. The van der Waals surface area contributed by atoms with Crippen LogP contribution in [-0.4, -0.2) is 61.2 Å². The number of carbonyl (C=O) groups is 1. The molecule has 2 aliphatic heterocycles. The van der Waals surface area contributed by atoms with Crippen LogP contribution in [0.15, 0.2) is 30.3 Å². The van der Waals surface area contributed by atoms with Gasteiger partial charge in [-0.05, 0) is 25.5 Å². The van der Waals surface area contributed by atoms with Gasteiger partial charge in [-0.25, -0.2) is 9.97 Å². The summed E-state index contributed by atoms with van der Waals surface area (Å²) < 4.78 is 11.5. The van der Waals surface area contributed by atoms with Gasteiger partial charge in [-0.1, -0.05) is 18.2 Å². The van der Waals surface area contributed by atoms with Crippen LogP contribution in [0.25, 0.3) is 0 Å². The minimum atomic E-state index is -0.269. The average molecular weight is 382 g/mol. The zero-order chi connectivity index (χ0) is 19.7. The van der Waals surface area contributed by atoms with E-state index in [1.54, 1.807) is 0 Å². The molecule has 3 heterocycles. The predicted octanol–water partition coefficient (Wildman–Crippen LogP) is 1.93. The Labute approximate surface area is 165 Å². The second-order valence-electron chi connectivity index (χ2n) is 7.77. The second kappa shape index (κ2) is 7.39. The van der Waals surface area contributed by atoms with E-state index < -0.39 is 0 Å². The Bertz CT molecular complexity index is 871. The maximum Gasteiger partial charge on any atom is 0.260 e. The van der Waals surface area contributed by atoms with Crippen LogP contribution in [0.3, 0.4) is 0 Å². The molecule has 1 fully saturated rings. The smallest absolute Gasteiger partial charge is 0.260 e. The molecule has 0 N–H and O–H groups in total. The van der Waals surface area contributed by atoms with E-state index in [0.29, 0.717) is 38.0 Å². The van der Waals surface area contributed by atoms with Gasteiger partial charge in [0.15, 0.2) is 6.61 Å². The van der Waals surface area contributed by atoms with Crippen molar-refractivity contribution in [2.75, 3.05) is 45.3 Å². The number of carbonyl (C=O) groups excluding carboxylic acids is 1. The lowest BCUT2D eigenvalue weighted by atomic mass is 9.80. The summed E-state index contributed by atoms with van der Waals surface area (Å²) in [6.07, 6.45) is 0.834. The SMILES string of the molecule is Cc1nc(N(C)C)nc2c1COC[C@@]21CCN(C(=O)COc2ccccc2)C1. The number of hydrogen-bond donors (Lipinski definition) is 0. The van der Waals surface area contributed by atoms with Crippen molar-refractivity contribution in [2.45, 2.75) is 25.4 Å². The second-order valence-corrected chi connectivity index (χ2v) is 7.77. The van der Waals surface area contributed by atoms with Crippen molar-refractivity contribution in [3.05, 3.63) is 47.3 Å². The monoisotopic (exact) mass is 382 g/mol. The molecule has 2 aromatic rings. The Morgan fingerprint density at radius 1 is 1.29 bits per heavy atom. The summed E-state index contributed by atoms with van der Waals surface area (Å²) in [6.45, 7) is 4.43. The van der Waals surface area contributed by atoms with Gasteiger partial charge in [0, 0.05) is 38.4 Å². The summed E-state index contributed by atoms with van der Waals surface area (Å²) in [7, 11) is 3.89. The van der Waals surface area contributed by atoms with Gasteiger partial charge in [0.25, 0.3) is 5.91 Å². The summed E-state index contributed by atoms with van der Waals surface area (Å²) in [5.74, 6) is 1.40. The molecule has 2 aliphatic rings. The van der Waals surface area contributed by atoms with Gasteiger partial charge in [0.2, 0.25) is 5.95 Å². The van der Waals surface area contributed by atoms with E-state index >= 15 is 0 Å². The molecular weight excluding hydrogens is 356 g/mol. The molecule has 4 rings (SSSR count). The molecule has 28 heavy (non-hydrogen) atoms. The average Bonchev–Trinajstić information content (AvgIpc) is 3.12. The Morgan fingerprint density at radius 2 is 2.07 bits per heavy atom. The van der Waals surface area contributed by atoms with Crippen molar-refractivity contribution in [3.63, 3.8) is 0 Å². The third kappa shape index (κ3) is 3.42. The molecule has 0 unspecified atom stereocenters. The first-order valence-corrected chi connectivity index (χ1v) is 9.57. The Morgan fingerprint density at radius 3 is 2.82 bits per heavy atom. The predicted molar refractivity (Wildman–Crippen MR) is 106 cm³/mol. The number of rotatable bonds is 4. The normalized spacial score (nSPS) is 20.9. The molecule has 0 aliphatic carbocycles. The minimum Gasteiger partial charge on any atom is -0.484 e. The number of hydrogen-bond acceptors (Lipinski definition) is 6. The van der Waals surface area contributed by atoms with Crippen LogP contribution in [-0.2, 0) is 21.6 Å². The molecule has 148 valence electrons. The number of para-hydroxylation sites is 1. The molecule has 1 amide bonds. The molecule has 0 saturated carbocycles. The molecule has 1 saturated heterocycles. The summed E-state index contributed by atoms with van der Waals surface area (Å²) in [6, 6.07) is 9.42. The van der Waals surface area contributed by atoms with E-state index in [0.717, 1.165) is 23.4 Å². The lowest BCUT2D eigenvalue weighted by molar-refractivity contribution is -0.132. The lowest BCUT2D eigenvalue weighted by Gasteiger charge is -2.35. The van der Waals surface area contributed by atoms with Gasteiger partial charge < -0.3 is 19.3 Å². The largest absolute Gasteiger partial charge is 0.484 e. The molecule has 1 atom stereocenters. The molecule has 0 radical (unpaired) electrons. The highest BCUT2D eigenvalue weighted by Gasteiger charge is 2.46. The van der Waals surface area contributed by atoms with E-state index in [1.807, 2.05) is 61.2 Å². The molecule has 1 spiro atoms. The van der Waals surface area contributed by atoms with E-state index in [2.05, 4.69) is 4.98 Å². The Balaban J connectivity index is 1.52. The molecule has 7 heteroatoms. The maximum absolute atomic E-state index is 12.7. The highest BCUT2D eigenvalue weighted by atomic mass is 16.5. The van der Waals surface area contributed by atoms with Crippen LogP contribution in [0.1, 0.15) is 23.4 Å².